The molecular formula is C55H71MgN4O6-. The maximum atomic E-state index is 14.4. The van der Waals surface area contributed by atoms with Crippen molar-refractivity contribution >= 4 is 76.9 Å². The van der Waals surface area contributed by atoms with Gasteiger partial charge in [0.25, 0.3) is 0 Å². The van der Waals surface area contributed by atoms with Crippen LogP contribution >= 0.6 is 0 Å². The van der Waals surface area contributed by atoms with Crippen LogP contribution in [-0.4, -0.2) is 60.8 Å². The summed E-state index contributed by atoms with van der Waals surface area (Å²) in [5.41, 5.74) is 9.06. The number of fused-ring (bicyclic) bond motifs is 7. The molecule has 1 fully saturated rings. The normalized spacial score (nSPS) is 21.4. The van der Waals surface area contributed by atoms with E-state index in [1.165, 1.54) is 57.6 Å². The summed E-state index contributed by atoms with van der Waals surface area (Å²) in [6.45, 7) is 23.7. The second kappa shape index (κ2) is 23.4. The first-order chi connectivity index (χ1) is 31.1. The number of aldehydes is 1. The van der Waals surface area contributed by atoms with Crippen molar-refractivity contribution in [3.05, 3.63) is 96.5 Å². The van der Waals surface area contributed by atoms with E-state index in [-0.39, 0.29) is 59.7 Å². The van der Waals surface area contributed by atoms with E-state index in [4.69, 9.17) is 24.4 Å². The van der Waals surface area contributed by atoms with Gasteiger partial charge in [-0.05, 0) is 81.4 Å². The van der Waals surface area contributed by atoms with E-state index in [1.807, 2.05) is 45.1 Å². The zero-order valence-corrected chi connectivity index (χ0v) is 42.7. The molecule has 0 radical (unpaired) electrons. The van der Waals surface area contributed by atoms with Crippen molar-refractivity contribution in [3.8, 4) is 0 Å². The molecule has 6 rings (SSSR count). The number of allylic oxidation sites excluding steroid dienone is 3. The van der Waals surface area contributed by atoms with Crippen LogP contribution in [0.15, 0.2) is 29.6 Å². The molecule has 8 bridgehead atoms. The van der Waals surface area contributed by atoms with Gasteiger partial charge in [0.05, 0.1) is 7.11 Å². The number of ketones is 1. The Labute approximate surface area is 408 Å². The maximum Gasteiger partial charge on any atom is 2.00 e. The summed E-state index contributed by atoms with van der Waals surface area (Å²) in [6.07, 6.45) is 22.4. The summed E-state index contributed by atoms with van der Waals surface area (Å²) in [7, 11) is 1.28. The molecule has 10 nitrogen and oxygen atoms in total. The van der Waals surface area contributed by atoms with Crippen molar-refractivity contribution in [1.82, 2.24) is 20.3 Å². The topological polar surface area (TPSA) is 141 Å². The zero-order chi connectivity index (χ0) is 47.1. The molecule has 11 heteroatoms. The van der Waals surface area contributed by atoms with Crippen molar-refractivity contribution in [2.75, 3.05) is 13.7 Å². The SMILES string of the molecule is C=Cc1c2[n-]c(c1C=O)/C=C1\N/C(=C3\c4[n-]c(c(C)c4C(=O)[C@@H]3C(=O)OC)/C=c3\[n-]/c(c(C)c3CC)=C\2)[C@@H](CCC(=O)OC/C=C(/C)CCC[C@H](C)CCC[C@H](C)CCCC(C)C)[C@@H]1C.[Mg+2]. The second-order valence-corrected chi connectivity index (χ2v) is 19.4. The number of hydrogen-bond donors (Lipinski definition) is 1. The molecule has 3 aliphatic rings. The van der Waals surface area contributed by atoms with Crippen LogP contribution in [0.3, 0.4) is 0 Å². The van der Waals surface area contributed by atoms with E-state index < -0.39 is 11.9 Å². The number of ether oxygens (including phenoxy) is 2. The fraction of sp³-hybridized carbons (Fsp3) is 0.527. The molecule has 3 aromatic rings. The summed E-state index contributed by atoms with van der Waals surface area (Å²) in [5.74, 6) is -0.937. The Morgan fingerprint density at radius 3 is 2.15 bits per heavy atom. The standard InChI is InChI=1S/C55H73N4O6.Mg/c1-12-38-35(8)42-27-46-39(13-2)41(30-60)47(57-46)28-43-36(9)40(52(58-43)50-51(55(63)64-11)54(62)49-37(10)44(59-53(49)50)29-45(38)56-42)23-24-48(61)65-26-25-34(7)22-16-21-33(6)20-15-19-32(5)18-14-17-31(3)4;/h13,25,27-33,36,40,51H,2,12,14-24,26H2,1,3-11H3,(H3,57,58,59,60,62);/q-1;+2/p-2/b34-25-,42-27-,45-29-;/t32-,33-,36+,40+,51-;/m1./s1. The van der Waals surface area contributed by atoms with E-state index in [0.29, 0.717) is 80.4 Å². The predicted octanol–water partition coefficient (Wildman–Crippen LogP) is 9.09. The van der Waals surface area contributed by atoms with Crippen molar-refractivity contribution < 1.29 is 28.7 Å². The number of carbonyl (C=O) groups is 4. The number of nitrogens with zero attached hydrogens (tertiary/aromatic N) is 3. The van der Waals surface area contributed by atoms with Gasteiger partial charge in [-0.2, -0.15) is 0 Å². The summed E-state index contributed by atoms with van der Waals surface area (Å²) >= 11 is 0. The molecule has 0 aromatic carbocycles. The summed E-state index contributed by atoms with van der Waals surface area (Å²) in [6, 6.07) is 0. The number of rotatable bonds is 21. The largest absolute Gasteiger partial charge is 2.00 e. The van der Waals surface area contributed by atoms with Crippen molar-refractivity contribution in [3.63, 3.8) is 0 Å². The number of hydrogen-bond acceptors (Lipinski definition) is 7. The van der Waals surface area contributed by atoms with Crippen LogP contribution in [0.4, 0.5) is 0 Å². The molecule has 1 saturated heterocycles. The predicted molar refractivity (Wildman–Crippen MR) is 265 cm³/mol. The Morgan fingerprint density at radius 2 is 1.52 bits per heavy atom. The van der Waals surface area contributed by atoms with Gasteiger partial charge >= 0.3 is 35.0 Å². The smallest absolute Gasteiger partial charge is 0.657 e. The molecular weight excluding hydrogens is 837 g/mol. The molecule has 0 unspecified atom stereocenters. The second-order valence-electron chi connectivity index (χ2n) is 19.4. The van der Waals surface area contributed by atoms with Gasteiger partial charge in [-0.3, -0.25) is 19.2 Å². The summed E-state index contributed by atoms with van der Waals surface area (Å²) < 4.78 is 11.0. The van der Waals surface area contributed by atoms with Gasteiger partial charge in [0.2, 0.25) is 0 Å². The van der Waals surface area contributed by atoms with Crippen LogP contribution in [0.5, 0.6) is 0 Å². The molecule has 66 heavy (non-hydrogen) atoms. The Hall–Kier alpha value is -4.61. The average molecular weight is 908 g/mol. The van der Waals surface area contributed by atoms with Gasteiger partial charge in [-0.15, -0.1) is 33.5 Å². The van der Waals surface area contributed by atoms with Gasteiger partial charge in [0, 0.05) is 40.8 Å². The fourth-order valence-electron chi connectivity index (χ4n) is 10.2. The number of carbonyl (C=O) groups excluding carboxylic acids is 4. The Kier molecular flexibility index (Phi) is 18.6. The monoisotopic (exact) mass is 908 g/mol. The Bertz CT molecular complexity index is 2510. The minimum Gasteiger partial charge on any atom is -0.657 e. The molecule has 5 heterocycles. The number of Topliss-reactive ketones (excluding diaryl/α,β-unsaturated/α-hetero) is 1. The van der Waals surface area contributed by atoms with Crippen molar-refractivity contribution in [2.24, 2.45) is 35.5 Å². The molecule has 3 aromatic heterocycles. The van der Waals surface area contributed by atoms with Crippen LogP contribution in [0.1, 0.15) is 185 Å². The van der Waals surface area contributed by atoms with E-state index in [0.717, 1.165) is 53.1 Å². The van der Waals surface area contributed by atoms with Gasteiger partial charge in [-0.25, -0.2) is 0 Å². The third-order valence-electron chi connectivity index (χ3n) is 14.2. The summed E-state index contributed by atoms with van der Waals surface area (Å²) in [5, 5.41) is 5.01. The molecule has 350 valence electrons. The number of methoxy groups -OCH3 is 1. The van der Waals surface area contributed by atoms with E-state index in [2.05, 4.69) is 53.4 Å². The number of nitrogens with one attached hydrogen (secondary N) is 1. The molecule has 5 atom stereocenters. The van der Waals surface area contributed by atoms with Gasteiger partial charge < -0.3 is 29.7 Å². The molecule has 1 N–H and O–H groups in total. The Morgan fingerprint density at radius 1 is 0.864 bits per heavy atom. The first-order valence-corrected chi connectivity index (χ1v) is 24.1. The quantitative estimate of drug-likeness (QED) is 0.0362. The fourth-order valence-corrected chi connectivity index (χ4v) is 10.2. The first-order valence-electron chi connectivity index (χ1n) is 24.1. The first kappa shape index (κ1) is 52.4. The van der Waals surface area contributed by atoms with Crippen LogP contribution in [0.2, 0.25) is 0 Å². The zero-order valence-electron chi connectivity index (χ0n) is 41.3. The van der Waals surface area contributed by atoms with Crippen LogP contribution in [0.25, 0.3) is 29.9 Å². The van der Waals surface area contributed by atoms with E-state index in [1.54, 1.807) is 6.08 Å². The number of esters is 2. The molecule has 0 saturated carbocycles. The molecule has 2 aliphatic heterocycles. The van der Waals surface area contributed by atoms with Crippen LogP contribution in [-0.2, 0) is 25.5 Å². The summed E-state index contributed by atoms with van der Waals surface area (Å²) in [4.78, 5) is 69.2. The van der Waals surface area contributed by atoms with Gasteiger partial charge in [0.15, 0.2) is 5.78 Å². The average Bonchev–Trinajstić information content (AvgIpc) is 4.02. The minimum atomic E-state index is -1.25. The third-order valence-corrected chi connectivity index (χ3v) is 14.2. The van der Waals surface area contributed by atoms with E-state index in [9.17, 15) is 19.2 Å². The third kappa shape index (κ3) is 11.6. The number of aromatic nitrogens is 3. The van der Waals surface area contributed by atoms with Crippen molar-refractivity contribution in [2.45, 2.75) is 139 Å². The van der Waals surface area contributed by atoms with Crippen molar-refractivity contribution in [1.29, 1.82) is 0 Å². The van der Waals surface area contributed by atoms with Gasteiger partial charge in [0.1, 0.15) is 18.8 Å². The maximum absolute atomic E-state index is 14.4. The Balaban J connectivity index is 0.00000817. The molecule has 0 amide bonds. The van der Waals surface area contributed by atoms with Gasteiger partial charge in [-0.1, -0.05) is 140 Å². The van der Waals surface area contributed by atoms with Crippen LogP contribution in [0, 0.1) is 49.4 Å². The minimum absolute atomic E-state index is 0. The molecule has 0 spiro atoms. The molecule has 1 aliphatic carbocycles. The van der Waals surface area contributed by atoms with Crippen LogP contribution < -0.4 is 31.0 Å². The van der Waals surface area contributed by atoms with E-state index >= 15 is 0 Å².